The Morgan fingerprint density at radius 2 is 1.69 bits per heavy atom. The molecule has 2 aliphatic rings. The van der Waals surface area contributed by atoms with Crippen molar-refractivity contribution >= 4 is 0 Å². The van der Waals surface area contributed by atoms with Crippen LogP contribution in [0, 0.1) is 11.8 Å². The van der Waals surface area contributed by atoms with Crippen LogP contribution in [0.25, 0.3) is 0 Å². The van der Waals surface area contributed by atoms with Crippen LogP contribution in [0.3, 0.4) is 0 Å². The van der Waals surface area contributed by atoms with Gasteiger partial charge in [-0.2, -0.15) is 0 Å². The Labute approximate surface area is 99.9 Å². The van der Waals surface area contributed by atoms with Gasteiger partial charge in [-0.05, 0) is 37.5 Å². The van der Waals surface area contributed by atoms with Crippen LogP contribution in [0.1, 0.15) is 58.3 Å². The molecule has 2 rings (SSSR count). The van der Waals surface area contributed by atoms with Crippen LogP contribution in [-0.2, 0) is 4.74 Å². The molecule has 3 atom stereocenters. The lowest BCUT2D eigenvalue weighted by Gasteiger charge is -2.30. The van der Waals surface area contributed by atoms with Crippen LogP contribution in [0.2, 0.25) is 0 Å². The first-order chi connectivity index (χ1) is 7.77. The quantitative estimate of drug-likeness (QED) is 0.798. The molecule has 2 aliphatic carbocycles. The minimum atomic E-state index is 0.289. The molecule has 2 nitrogen and oxygen atoms in total. The normalized spacial score (nSPS) is 34.1. The van der Waals surface area contributed by atoms with E-state index in [1.165, 1.54) is 51.4 Å². The van der Waals surface area contributed by atoms with Gasteiger partial charge >= 0.3 is 0 Å². The van der Waals surface area contributed by atoms with Crippen molar-refractivity contribution in [2.24, 2.45) is 17.6 Å². The summed E-state index contributed by atoms with van der Waals surface area (Å²) in [5.74, 6) is 1.48. The zero-order valence-corrected chi connectivity index (χ0v) is 10.7. The molecule has 0 bridgehead atoms. The van der Waals surface area contributed by atoms with E-state index < -0.39 is 0 Å². The lowest BCUT2D eigenvalue weighted by Crippen LogP contribution is -2.37. The first-order valence-corrected chi connectivity index (χ1v) is 7.14. The Bertz CT molecular complexity index is 201. The van der Waals surface area contributed by atoms with Crippen LogP contribution in [0.5, 0.6) is 0 Å². The summed E-state index contributed by atoms with van der Waals surface area (Å²) in [4.78, 5) is 0. The third-order valence-electron chi connectivity index (χ3n) is 4.54. The Hall–Kier alpha value is -0.0800. The van der Waals surface area contributed by atoms with E-state index in [4.69, 9.17) is 10.5 Å². The lowest BCUT2D eigenvalue weighted by molar-refractivity contribution is -0.0166. The van der Waals surface area contributed by atoms with Gasteiger partial charge in [0.15, 0.2) is 0 Å². The van der Waals surface area contributed by atoms with Gasteiger partial charge in [0.05, 0.1) is 12.7 Å². The molecule has 2 heteroatoms. The van der Waals surface area contributed by atoms with Crippen LogP contribution < -0.4 is 5.73 Å². The van der Waals surface area contributed by atoms with Crippen molar-refractivity contribution in [3.05, 3.63) is 0 Å². The topological polar surface area (TPSA) is 35.2 Å². The molecule has 0 amide bonds. The van der Waals surface area contributed by atoms with Gasteiger partial charge in [0.1, 0.15) is 0 Å². The van der Waals surface area contributed by atoms with E-state index in [9.17, 15) is 0 Å². The third-order valence-corrected chi connectivity index (χ3v) is 4.54. The molecule has 94 valence electrons. The summed E-state index contributed by atoms with van der Waals surface area (Å²) in [6.45, 7) is 3.12. The maximum atomic E-state index is 6.22. The zero-order chi connectivity index (χ0) is 11.4. The second kappa shape index (κ2) is 6.02. The van der Waals surface area contributed by atoms with E-state index in [1.54, 1.807) is 0 Å². The van der Waals surface area contributed by atoms with Crippen molar-refractivity contribution in [3.63, 3.8) is 0 Å². The Kier molecular flexibility index (Phi) is 4.66. The molecule has 0 radical (unpaired) electrons. The third kappa shape index (κ3) is 3.21. The van der Waals surface area contributed by atoms with Crippen molar-refractivity contribution in [1.29, 1.82) is 0 Å². The molecule has 2 N–H and O–H groups in total. The van der Waals surface area contributed by atoms with Gasteiger partial charge in [0.2, 0.25) is 0 Å². The largest absolute Gasteiger partial charge is 0.376 e. The van der Waals surface area contributed by atoms with Crippen LogP contribution in [-0.4, -0.2) is 18.8 Å². The van der Waals surface area contributed by atoms with Crippen molar-refractivity contribution < 1.29 is 4.74 Å². The van der Waals surface area contributed by atoms with E-state index in [0.717, 1.165) is 18.4 Å². The predicted octanol–water partition coefficient (Wildman–Crippen LogP) is 3.10. The minimum absolute atomic E-state index is 0.289. The van der Waals surface area contributed by atoms with Gasteiger partial charge < -0.3 is 10.5 Å². The Balaban J connectivity index is 1.69. The van der Waals surface area contributed by atoms with Gasteiger partial charge in [-0.1, -0.05) is 32.6 Å². The fourth-order valence-corrected chi connectivity index (χ4v) is 3.29. The zero-order valence-electron chi connectivity index (χ0n) is 10.7. The average molecular weight is 225 g/mol. The molecular formula is C14H27NO. The standard InChI is InChI=1S/C14H27NO/c1-11-6-2-5-9-14(11)16-10-13(15)12-7-3-4-8-12/h11-14H,2-10,15H2,1H3. The minimum Gasteiger partial charge on any atom is -0.376 e. The Morgan fingerprint density at radius 3 is 2.38 bits per heavy atom. The van der Waals surface area contributed by atoms with Crippen molar-refractivity contribution in [1.82, 2.24) is 0 Å². The Morgan fingerprint density at radius 1 is 1.06 bits per heavy atom. The summed E-state index contributed by atoms with van der Waals surface area (Å²) in [6.07, 6.45) is 11.2. The maximum absolute atomic E-state index is 6.22. The van der Waals surface area contributed by atoms with Gasteiger partial charge in [0.25, 0.3) is 0 Å². The van der Waals surface area contributed by atoms with E-state index >= 15 is 0 Å². The number of hydrogen-bond donors (Lipinski definition) is 1. The second-order valence-corrected chi connectivity index (χ2v) is 5.84. The molecule has 3 unspecified atom stereocenters. The van der Waals surface area contributed by atoms with Crippen LogP contribution >= 0.6 is 0 Å². The molecule has 0 saturated heterocycles. The van der Waals surface area contributed by atoms with Crippen molar-refractivity contribution in [2.45, 2.75) is 70.4 Å². The van der Waals surface area contributed by atoms with Crippen molar-refractivity contribution in [3.8, 4) is 0 Å². The van der Waals surface area contributed by atoms with Gasteiger partial charge in [-0.3, -0.25) is 0 Å². The number of rotatable bonds is 4. The molecule has 0 aromatic rings. The molecule has 0 aromatic carbocycles. The molecule has 0 aromatic heterocycles. The van der Waals surface area contributed by atoms with Gasteiger partial charge in [-0.15, -0.1) is 0 Å². The fourth-order valence-electron chi connectivity index (χ4n) is 3.29. The second-order valence-electron chi connectivity index (χ2n) is 5.84. The van der Waals surface area contributed by atoms with E-state index in [0.29, 0.717) is 6.10 Å². The average Bonchev–Trinajstić information content (AvgIpc) is 2.81. The van der Waals surface area contributed by atoms with Crippen LogP contribution in [0.4, 0.5) is 0 Å². The smallest absolute Gasteiger partial charge is 0.0624 e. The predicted molar refractivity (Wildman–Crippen MR) is 67.3 cm³/mol. The van der Waals surface area contributed by atoms with Gasteiger partial charge in [-0.25, -0.2) is 0 Å². The molecule has 16 heavy (non-hydrogen) atoms. The summed E-state index contributed by atoms with van der Waals surface area (Å²) in [5.41, 5.74) is 6.22. The molecule has 0 spiro atoms. The van der Waals surface area contributed by atoms with Crippen LogP contribution in [0.15, 0.2) is 0 Å². The van der Waals surface area contributed by atoms with Gasteiger partial charge in [0, 0.05) is 6.04 Å². The summed E-state index contributed by atoms with van der Waals surface area (Å²) in [5, 5.41) is 0. The lowest BCUT2D eigenvalue weighted by atomic mass is 9.88. The highest BCUT2D eigenvalue weighted by Crippen LogP contribution is 2.29. The SMILES string of the molecule is CC1CCCCC1OCC(N)C1CCCC1. The van der Waals surface area contributed by atoms with E-state index in [2.05, 4.69) is 6.92 Å². The molecule has 2 fully saturated rings. The molecule has 0 heterocycles. The summed E-state index contributed by atoms with van der Waals surface area (Å²) >= 11 is 0. The first-order valence-electron chi connectivity index (χ1n) is 7.14. The molecular weight excluding hydrogens is 198 g/mol. The highest BCUT2D eigenvalue weighted by molar-refractivity contribution is 4.79. The monoisotopic (exact) mass is 225 g/mol. The van der Waals surface area contributed by atoms with E-state index in [1.807, 2.05) is 0 Å². The number of ether oxygens (including phenoxy) is 1. The molecule has 0 aliphatic heterocycles. The summed E-state index contributed by atoms with van der Waals surface area (Å²) < 4.78 is 6.04. The van der Waals surface area contributed by atoms with Crippen molar-refractivity contribution in [2.75, 3.05) is 6.61 Å². The summed E-state index contributed by atoms with van der Waals surface area (Å²) in [6, 6.07) is 0.289. The number of nitrogens with two attached hydrogens (primary N) is 1. The molecule has 2 saturated carbocycles. The number of hydrogen-bond acceptors (Lipinski definition) is 2. The first kappa shape index (κ1) is 12.4. The fraction of sp³-hybridized carbons (Fsp3) is 1.00. The highest BCUT2D eigenvalue weighted by atomic mass is 16.5. The summed E-state index contributed by atoms with van der Waals surface area (Å²) in [7, 11) is 0. The van der Waals surface area contributed by atoms with E-state index in [-0.39, 0.29) is 6.04 Å². The maximum Gasteiger partial charge on any atom is 0.0624 e. The highest BCUT2D eigenvalue weighted by Gasteiger charge is 2.26.